The van der Waals surface area contributed by atoms with E-state index in [1.807, 2.05) is 0 Å². The van der Waals surface area contributed by atoms with Gasteiger partial charge >= 0.3 is 0 Å². The van der Waals surface area contributed by atoms with Crippen molar-refractivity contribution < 1.29 is 26.1 Å². The molecule has 0 aliphatic carbocycles. The Balaban J connectivity index is 2.25. The average molecular weight is 367 g/mol. The molecule has 0 saturated carbocycles. The van der Waals surface area contributed by atoms with Crippen molar-refractivity contribution in [2.45, 2.75) is 11.8 Å². The summed E-state index contributed by atoms with van der Waals surface area (Å²) < 4.78 is 70.2. The van der Waals surface area contributed by atoms with Crippen LogP contribution in [0.2, 0.25) is 0 Å². The number of nitrogens with zero attached hydrogens (tertiary/aromatic N) is 1. The summed E-state index contributed by atoms with van der Waals surface area (Å²) in [5.74, 6) is -2.39. The van der Waals surface area contributed by atoms with E-state index in [1.165, 1.54) is 25.1 Å². The Morgan fingerprint density at radius 1 is 1.04 bits per heavy atom. The normalized spacial score (nSPS) is 11.7. The first-order valence-corrected chi connectivity index (χ1v) is 8.99. The molecule has 3 aromatic rings. The molecule has 0 unspecified atom stereocenters. The van der Waals surface area contributed by atoms with Crippen LogP contribution in [0.15, 0.2) is 45.8 Å². The van der Waals surface area contributed by atoms with E-state index in [2.05, 4.69) is 5.16 Å². The van der Waals surface area contributed by atoms with Crippen molar-refractivity contribution in [1.29, 1.82) is 0 Å². The SMILES string of the molecule is Cc1onc(-c2cccc(F)c2)c1-c1cc(F)c(S(C)(=O)=O)cc1F. The first-order chi connectivity index (χ1) is 11.7. The molecule has 0 aliphatic heterocycles. The summed E-state index contributed by atoms with van der Waals surface area (Å²) in [7, 11) is -3.92. The van der Waals surface area contributed by atoms with Crippen molar-refractivity contribution in [2.75, 3.05) is 6.26 Å². The van der Waals surface area contributed by atoms with Gasteiger partial charge in [-0.05, 0) is 31.2 Å². The number of sulfone groups is 1. The van der Waals surface area contributed by atoms with Crippen molar-refractivity contribution in [1.82, 2.24) is 5.16 Å². The summed E-state index contributed by atoms with van der Waals surface area (Å²) in [5.41, 5.74) is 0.353. The molecule has 0 amide bonds. The van der Waals surface area contributed by atoms with Crippen LogP contribution in [-0.4, -0.2) is 19.8 Å². The van der Waals surface area contributed by atoms with E-state index < -0.39 is 32.2 Å². The number of hydrogen-bond donors (Lipinski definition) is 0. The molecular formula is C17H12F3NO3S. The Morgan fingerprint density at radius 3 is 2.40 bits per heavy atom. The molecule has 130 valence electrons. The minimum atomic E-state index is -3.92. The third kappa shape index (κ3) is 3.17. The Labute approximate surface area is 141 Å². The molecule has 0 aliphatic rings. The lowest BCUT2D eigenvalue weighted by atomic mass is 9.99. The van der Waals surface area contributed by atoms with Gasteiger partial charge in [0.2, 0.25) is 0 Å². The lowest BCUT2D eigenvalue weighted by Gasteiger charge is -2.08. The van der Waals surface area contributed by atoms with Gasteiger partial charge in [-0.25, -0.2) is 21.6 Å². The molecule has 4 nitrogen and oxygen atoms in total. The highest BCUT2D eigenvalue weighted by Crippen LogP contribution is 2.37. The summed E-state index contributed by atoms with van der Waals surface area (Å²) in [6, 6.07) is 6.79. The second kappa shape index (κ2) is 6.03. The molecule has 0 bridgehead atoms. The van der Waals surface area contributed by atoms with Gasteiger partial charge in [0.05, 0.1) is 5.56 Å². The lowest BCUT2D eigenvalue weighted by Crippen LogP contribution is -2.03. The third-order valence-electron chi connectivity index (χ3n) is 3.65. The molecule has 0 radical (unpaired) electrons. The third-order valence-corrected chi connectivity index (χ3v) is 4.76. The van der Waals surface area contributed by atoms with Crippen molar-refractivity contribution in [3.05, 3.63) is 59.6 Å². The summed E-state index contributed by atoms with van der Waals surface area (Å²) in [5, 5.41) is 3.80. The molecule has 1 heterocycles. The number of aromatic nitrogens is 1. The van der Waals surface area contributed by atoms with Gasteiger partial charge in [-0.1, -0.05) is 17.3 Å². The standard InChI is InChI=1S/C17H12F3NO3S/c1-9-16(17(21-24-9)10-4-3-5-11(18)6-10)12-7-14(20)15(8-13(12)19)25(2,22)23/h3-8H,1-2H3. The fourth-order valence-corrected chi connectivity index (χ4v) is 3.26. The minimum Gasteiger partial charge on any atom is -0.360 e. The summed E-state index contributed by atoms with van der Waals surface area (Å²) in [6.45, 7) is 1.49. The van der Waals surface area contributed by atoms with Crippen molar-refractivity contribution in [3.8, 4) is 22.4 Å². The average Bonchev–Trinajstić information content (AvgIpc) is 2.90. The molecule has 25 heavy (non-hydrogen) atoms. The fourth-order valence-electron chi connectivity index (χ4n) is 2.53. The van der Waals surface area contributed by atoms with Crippen LogP contribution in [0.4, 0.5) is 13.2 Å². The molecule has 3 rings (SSSR count). The summed E-state index contributed by atoms with van der Waals surface area (Å²) in [4.78, 5) is -0.741. The molecule has 0 spiro atoms. The van der Waals surface area contributed by atoms with Gasteiger partial charge in [0.15, 0.2) is 9.84 Å². The maximum absolute atomic E-state index is 14.5. The molecule has 0 saturated heterocycles. The van der Waals surface area contributed by atoms with E-state index >= 15 is 0 Å². The predicted octanol–water partition coefficient (Wildman–Crippen LogP) is 4.14. The zero-order chi connectivity index (χ0) is 18.4. The van der Waals surface area contributed by atoms with Gasteiger partial charge in [0, 0.05) is 17.4 Å². The van der Waals surface area contributed by atoms with E-state index in [4.69, 9.17) is 4.52 Å². The molecule has 8 heteroatoms. The van der Waals surface area contributed by atoms with E-state index in [0.29, 0.717) is 11.6 Å². The number of hydrogen-bond acceptors (Lipinski definition) is 4. The number of aryl methyl sites for hydroxylation is 1. The van der Waals surface area contributed by atoms with Gasteiger partial charge in [0.25, 0.3) is 0 Å². The zero-order valence-electron chi connectivity index (χ0n) is 13.2. The van der Waals surface area contributed by atoms with Crippen molar-refractivity contribution in [2.24, 2.45) is 0 Å². The highest BCUT2D eigenvalue weighted by molar-refractivity contribution is 7.90. The van der Waals surface area contributed by atoms with E-state index in [9.17, 15) is 21.6 Å². The van der Waals surface area contributed by atoms with Gasteiger partial charge in [-0.2, -0.15) is 0 Å². The highest BCUT2D eigenvalue weighted by atomic mass is 32.2. The summed E-state index contributed by atoms with van der Waals surface area (Å²) >= 11 is 0. The second-order valence-electron chi connectivity index (χ2n) is 5.51. The van der Waals surface area contributed by atoms with E-state index in [1.54, 1.807) is 6.07 Å². The summed E-state index contributed by atoms with van der Waals surface area (Å²) in [6.07, 6.45) is 0.785. The van der Waals surface area contributed by atoms with Crippen LogP contribution in [0, 0.1) is 24.4 Å². The first-order valence-electron chi connectivity index (χ1n) is 7.10. The zero-order valence-corrected chi connectivity index (χ0v) is 14.0. The van der Waals surface area contributed by atoms with Gasteiger partial charge in [-0.15, -0.1) is 0 Å². The lowest BCUT2D eigenvalue weighted by molar-refractivity contribution is 0.400. The van der Waals surface area contributed by atoms with Crippen LogP contribution in [0.5, 0.6) is 0 Å². The van der Waals surface area contributed by atoms with Gasteiger partial charge < -0.3 is 4.52 Å². The monoisotopic (exact) mass is 367 g/mol. The first kappa shape index (κ1) is 17.2. The van der Waals surface area contributed by atoms with Crippen LogP contribution in [-0.2, 0) is 9.84 Å². The number of rotatable bonds is 3. The van der Waals surface area contributed by atoms with Crippen LogP contribution >= 0.6 is 0 Å². The molecule has 0 fully saturated rings. The quantitative estimate of drug-likeness (QED) is 0.698. The van der Waals surface area contributed by atoms with Crippen LogP contribution in [0.25, 0.3) is 22.4 Å². The Hall–Kier alpha value is -2.61. The second-order valence-corrected chi connectivity index (χ2v) is 7.49. The Bertz CT molecular complexity index is 1070. The van der Waals surface area contributed by atoms with Crippen LogP contribution in [0.3, 0.4) is 0 Å². The van der Waals surface area contributed by atoms with Gasteiger partial charge in [-0.3, -0.25) is 0 Å². The molecule has 0 atom stereocenters. The minimum absolute atomic E-state index is 0.127. The van der Waals surface area contributed by atoms with Crippen LogP contribution < -0.4 is 0 Å². The maximum atomic E-state index is 14.5. The van der Waals surface area contributed by atoms with E-state index in [0.717, 1.165) is 12.3 Å². The number of halogens is 3. The Kier molecular flexibility index (Phi) is 4.16. The molecule has 1 aromatic heterocycles. The van der Waals surface area contributed by atoms with Crippen molar-refractivity contribution in [3.63, 3.8) is 0 Å². The maximum Gasteiger partial charge on any atom is 0.178 e. The molecule has 0 N–H and O–H groups in total. The fraction of sp³-hybridized carbons (Fsp3) is 0.118. The van der Waals surface area contributed by atoms with E-state index in [-0.39, 0.29) is 22.6 Å². The van der Waals surface area contributed by atoms with Crippen LogP contribution in [0.1, 0.15) is 5.76 Å². The topological polar surface area (TPSA) is 60.2 Å². The molecule has 2 aromatic carbocycles. The Morgan fingerprint density at radius 2 is 1.76 bits per heavy atom. The highest BCUT2D eigenvalue weighted by Gasteiger charge is 2.24. The van der Waals surface area contributed by atoms with Crippen molar-refractivity contribution >= 4 is 9.84 Å². The molecular weight excluding hydrogens is 355 g/mol. The van der Waals surface area contributed by atoms with Gasteiger partial charge in [0.1, 0.15) is 33.8 Å². The smallest absolute Gasteiger partial charge is 0.178 e. The predicted molar refractivity (Wildman–Crippen MR) is 85.1 cm³/mol. The number of benzene rings is 2. The largest absolute Gasteiger partial charge is 0.360 e.